The Labute approximate surface area is 218 Å². The van der Waals surface area contributed by atoms with E-state index in [1.807, 2.05) is 6.92 Å². The van der Waals surface area contributed by atoms with Crippen molar-refractivity contribution in [2.75, 3.05) is 0 Å². The number of nitrogens with one attached hydrogen (secondary N) is 1. The van der Waals surface area contributed by atoms with Gasteiger partial charge >= 0.3 is 18.3 Å². The topological polar surface area (TPSA) is 58.6 Å². The number of alkyl halides is 6. The summed E-state index contributed by atoms with van der Waals surface area (Å²) in [6, 6.07) is 7.85. The van der Waals surface area contributed by atoms with Crippen molar-refractivity contribution in [1.82, 2.24) is 5.32 Å². The highest BCUT2D eigenvalue weighted by Crippen LogP contribution is 2.42. The maximum absolute atomic E-state index is 14.3. The molecule has 0 spiro atoms. The average molecular weight is 548 g/mol. The number of fused-ring (bicyclic) bond motifs is 1. The lowest BCUT2D eigenvalue weighted by atomic mass is 9.84. The third-order valence-corrected chi connectivity index (χ3v) is 7.13. The van der Waals surface area contributed by atoms with Crippen LogP contribution in [0.3, 0.4) is 0 Å². The molecule has 0 radical (unpaired) electrons. The van der Waals surface area contributed by atoms with Gasteiger partial charge in [0.15, 0.2) is 0 Å². The zero-order valence-electron chi connectivity index (χ0n) is 21.4. The number of benzene rings is 2. The summed E-state index contributed by atoms with van der Waals surface area (Å²) in [4.78, 5) is 10.9. The van der Waals surface area contributed by atoms with Gasteiger partial charge in [0.25, 0.3) is 0 Å². The Morgan fingerprint density at radius 1 is 1.05 bits per heavy atom. The van der Waals surface area contributed by atoms with Crippen LogP contribution in [0.15, 0.2) is 30.3 Å². The Morgan fingerprint density at radius 2 is 1.74 bits per heavy atom. The number of ether oxygens (including phenoxy) is 1. The number of rotatable bonds is 12. The summed E-state index contributed by atoms with van der Waals surface area (Å²) < 4.78 is 86.3. The molecule has 212 valence electrons. The lowest BCUT2D eigenvalue weighted by molar-refractivity contribution is -0.139. The van der Waals surface area contributed by atoms with Gasteiger partial charge in [-0.1, -0.05) is 31.5 Å². The second kappa shape index (κ2) is 13.0. The summed E-state index contributed by atoms with van der Waals surface area (Å²) in [5, 5.41) is 12.7. The molecule has 1 atom stereocenters. The van der Waals surface area contributed by atoms with Crippen molar-refractivity contribution in [2.45, 2.75) is 102 Å². The number of carbonyl (C=O) groups is 1. The molecule has 0 amide bonds. The van der Waals surface area contributed by atoms with Crippen molar-refractivity contribution in [2.24, 2.45) is 5.92 Å². The summed E-state index contributed by atoms with van der Waals surface area (Å²) in [5.41, 5.74) is -0.244. The summed E-state index contributed by atoms with van der Waals surface area (Å²) >= 11 is 0. The van der Waals surface area contributed by atoms with Gasteiger partial charge in [-0.25, -0.2) is 0 Å². The molecule has 0 heterocycles. The van der Waals surface area contributed by atoms with Gasteiger partial charge in [0.2, 0.25) is 0 Å². The van der Waals surface area contributed by atoms with E-state index >= 15 is 0 Å². The molecular weight excluding hydrogens is 512 g/mol. The zero-order chi connectivity index (χ0) is 27.9. The minimum Gasteiger partial charge on any atom is -0.490 e. The lowest BCUT2D eigenvalue weighted by Gasteiger charge is -2.28. The van der Waals surface area contributed by atoms with E-state index in [4.69, 9.17) is 9.84 Å². The van der Waals surface area contributed by atoms with E-state index in [9.17, 15) is 31.1 Å². The van der Waals surface area contributed by atoms with E-state index in [0.717, 1.165) is 25.7 Å². The molecule has 0 unspecified atom stereocenters. The van der Waals surface area contributed by atoms with Crippen LogP contribution in [-0.4, -0.2) is 29.4 Å². The predicted octanol–water partition coefficient (Wildman–Crippen LogP) is 8.26. The van der Waals surface area contributed by atoms with E-state index in [2.05, 4.69) is 5.32 Å². The molecule has 0 aliphatic heterocycles. The Morgan fingerprint density at radius 3 is 2.34 bits per heavy atom. The van der Waals surface area contributed by atoms with Gasteiger partial charge < -0.3 is 15.2 Å². The number of carboxylic acids is 1. The van der Waals surface area contributed by atoms with Gasteiger partial charge in [0, 0.05) is 25.4 Å². The SMILES string of the molecule is CCC[C@H](CCCC(F)(F)F)Oc1ccc2ccc(CNC3CCC(CC(=O)O)CC3)cc2c1C(F)(F)F. The fraction of sp³-hybridized carbons (Fsp3) is 0.607. The number of carboxylic acid groups (broad SMARTS) is 1. The molecule has 1 aliphatic carbocycles. The second-order valence-electron chi connectivity index (χ2n) is 10.2. The van der Waals surface area contributed by atoms with Gasteiger partial charge in [0.1, 0.15) is 11.3 Å². The van der Waals surface area contributed by atoms with E-state index < -0.39 is 36.4 Å². The Hall–Kier alpha value is -2.49. The van der Waals surface area contributed by atoms with E-state index in [-0.39, 0.29) is 42.4 Å². The molecule has 38 heavy (non-hydrogen) atoms. The van der Waals surface area contributed by atoms with Crippen molar-refractivity contribution in [3.05, 3.63) is 41.5 Å². The molecule has 1 saturated carbocycles. The quantitative estimate of drug-likeness (QED) is 0.263. The van der Waals surface area contributed by atoms with Crippen LogP contribution in [0.1, 0.15) is 82.3 Å². The van der Waals surface area contributed by atoms with Crippen molar-refractivity contribution in [3.63, 3.8) is 0 Å². The second-order valence-corrected chi connectivity index (χ2v) is 10.2. The largest absolute Gasteiger partial charge is 0.490 e. The van der Waals surface area contributed by atoms with E-state index in [1.54, 1.807) is 18.2 Å². The highest BCUT2D eigenvalue weighted by Gasteiger charge is 2.37. The van der Waals surface area contributed by atoms with Gasteiger partial charge in [-0.15, -0.1) is 0 Å². The molecule has 1 fully saturated rings. The van der Waals surface area contributed by atoms with Crippen molar-refractivity contribution in [1.29, 1.82) is 0 Å². The number of aliphatic carboxylic acids is 1. The molecule has 0 aromatic heterocycles. The average Bonchev–Trinajstić information content (AvgIpc) is 2.81. The maximum Gasteiger partial charge on any atom is 0.420 e. The van der Waals surface area contributed by atoms with Crippen LogP contribution in [0.4, 0.5) is 26.3 Å². The molecule has 2 N–H and O–H groups in total. The van der Waals surface area contributed by atoms with Crippen LogP contribution in [0.2, 0.25) is 0 Å². The summed E-state index contributed by atoms with van der Waals surface area (Å²) in [5.74, 6) is -1.01. The zero-order valence-corrected chi connectivity index (χ0v) is 21.4. The van der Waals surface area contributed by atoms with Gasteiger partial charge in [-0.3, -0.25) is 4.79 Å². The predicted molar refractivity (Wildman–Crippen MR) is 133 cm³/mol. The van der Waals surface area contributed by atoms with Gasteiger partial charge in [0.05, 0.1) is 6.10 Å². The highest BCUT2D eigenvalue weighted by molar-refractivity contribution is 5.89. The van der Waals surface area contributed by atoms with Crippen LogP contribution in [0.5, 0.6) is 5.75 Å². The minimum atomic E-state index is -4.72. The molecule has 0 bridgehead atoms. The number of hydrogen-bond donors (Lipinski definition) is 2. The van der Waals surface area contributed by atoms with Crippen molar-refractivity contribution in [3.8, 4) is 5.75 Å². The molecule has 3 rings (SSSR count). The smallest absolute Gasteiger partial charge is 0.420 e. The van der Waals surface area contributed by atoms with Crippen molar-refractivity contribution < 1.29 is 41.0 Å². The molecule has 4 nitrogen and oxygen atoms in total. The lowest BCUT2D eigenvalue weighted by Crippen LogP contribution is -2.33. The summed E-state index contributed by atoms with van der Waals surface area (Å²) in [6.45, 7) is 2.17. The van der Waals surface area contributed by atoms with E-state index in [0.29, 0.717) is 30.3 Å². The van der Waals surface area contributed by atoms with Crippen LogP contribution < -0.4 is 10.1 Å². The first-order chi connectivity index (χ1) is 17.9. The third kappa shape index (κ3) is 9.06. The normalized spacial score (nSPS) is 19.4. The summed E-state index contributed by atoms with van der Waals surface area (Å²) in [6.07, 6.45) is -6.70. The van der Waals surface area contributed by atoms with Crippen LogP contribution in [0.25, 0.3) is 10.8 Å². The number of halogens is 6. The highest BCUT2D eigenvalue weighted by atomic mass is 19.4. The van der Waals surface area contributed by atoms with Gasteiger partial charge in [-0.2, -0.15) is 26.3 Å². The first-order valence-corrected chi connectivity index (χ1v) is 13.2. The number of hydrogen-bond acceptors (Lipinski definition) is 3. The fourth-order valence-corrected chi connectivity index (χ4v) is 5.22. The fourth-order valence-electron chi connectivity index (χ4n) is 5.22. The first-order valence-electron chi connectivity index (χ1n) is 13.2. The van der Waals surface area contributed by atoms with Crippen LogP contribution >= 0.6 is 0 Å². The Balaban J connectivity index is 1.76. The van der Waals surface area contributed by atoms with Crippen molar-refractivity contribution >= 4 is 16.7 Å². The Kier molecular flexibility index (Phi) is 10.3. The minimum absolute atomic E-state index is 0.00925. The third-order valence-electron chi connectivity index (χ3n) is 7.13. The molecule has 10 heteroatoms. The molecular formula is C28H35F6NO3. The van der Waals surface area contributed by atoms with Crippen LogP contribution in [0, 0.1) is 5.92 Å². The summed E-state index contributed by atoms with van der Waals surface area (Å²) in [7, 11) is 0. The van der Waals surface area contributed by atoms with Crippen LogP contribution in [-0.2, 0) is 17.5 Å². The molecule has 1 aliphatic rings. The Bertz CT molecular complexity index is 1060. The monoisotopic (exact) mass is 547 g/mol. The molecule has 0 saturated heterocycles. The van der Waals surface area contributed by atoms with Gasteiger partial charge in [-0.05, 0) is 79.3 Å². The molecule has 2 aromatic rings. The first kappa shape index (κ1) is 30.1. The molecule has 2 aromatic carbocycles. The van der Waals surface area contributed by atoms with E-state index in [1.165, 1.54) is 12.1 Å². The maximum atomic E-state index is 14.3. The standard InChI is InChI=1S/C28H35F6NO3/c1-2-4-22(5-3-14-27(29,30)31)38-24-13-10-20-9-6-19(15-23(20)26(24)28(32,33)34)17-35-21-11-7-18(8-12-21)16-25(36)37/h6,9-10,13,15,18,21-22,35H,2-5,7-8,11-12,14,16-17H2,1H3,(H,36,37)/t18?,21?,22-/m1/s1.